The van der Waals surface area contributed by atoms with Crippen molar-refractivity contribution < 1.29 is 9.50 Å². The van der Waals surface area contributed by atoms with Gasteiger partial charge >= 0.3 is 0 Å². The SMILES string of the molecule is OC(c1ccccc1F)C1(c2ccccc2)CCCC1. The molecule has 1 aliphatic carbocycles. The first-order valence-corrected chi connectivity index (χ1v) is 7.22. The van der Waals surface area contributed by atoms with Gasteiger partial charge in [0.25, 0.3) is 0 Å². The molecular formula is C18H19FO. The minimum Gasteiger partial charge on any atom is -0.387 e. The summed E-state index contributed by atoms with van der Waals surface area (Å²) in [6.45, 7) is 0. The summed E-state index contributed by atoms with van der Waals surface area (Å²) in [5, 5.41) is 10.9. The third-order valence-corrected chi connectivity index (χ3v) is 4.57. The summed E-state index contributed by atoms with van der Waals surface area (Å²) in [5.41, 5.74) is 1.19. The number of halogens is 1. The predicted molar refractivity (Wildman–Crippen MR) is 77.9 cm³/mol. The van der Waals surface area contributed by atoms with Crippen LogP contribution in [-0.4, -0.2) is 5.11 Å². The monoisotopic (exact) mass is 270 g/mol. The van der Waals surface area contributed by atoms with Crippen LogP contribution in [0.5, 0.6) is 0 Å². The van der Waals surface area contributed by atoms with Crippen molar-refractivity contribution in [2.45, 2.75) is 37.2 Å². The predicted octanol–water partition coefficient (Wildman–Crippen LogP) is 4.37. The third-order valence-electron chi connectivity index (χ3n) is 4.57. The van der Waals surface area contributed by atoms with E-state index in [-0.39, 0.29) is 11.2 Å². The normalized spacial score (nSPS) is 18.9. The number of rotatable bonds is 3. The molecule has 1 nitrogen and oxygen atoms in total. The quantitative estimate of drug-likeness (QED) is 0.878. The van der Waals surface area contributed by atoms with Crippen molar-refractivity contribution >= 4 is 0 Å². The topological polar surface area (TPSA) is 20.2 Å². The number of benzene rings is 2. The van der Waals surface area contributed by atoms with Gasteiger partial charge in [0.1, 0.15) is 5.82 Å². The van der Waals surface area contributed by atoms with Crippen LogP contribution in [0, 0.1) is 5.82 Å². The largest absolute Gasteiger partial charge is 0.387 e. The number of aliphatic hydroxyl groups is 1. The molecule has 2 aromatic carbocycles. The Hall–Kier alpha value is -1.67. The molecule has 0 spiro atoms. The van der Waals surface area contributed by atoms with E-state index in [1.54, 1.807) is 18.2 Å². The lowest BCUT2D eigenvalue weighted by Gasteiger charge is -2.35. The highest BCUT2D eigenvalue weighted by Crippen LogP contribution is 2.49. The van der Waals surface area contributed by atoms with E-state index >= 15 is 0 Å². The smallest absolute Gasteiger partial charge is 0.129 e. The fourth-order valence-corrected chi connectivity index (χ4v) is 3.49. The Morgan fingerprint density at radius 1 is 0.900 bits per heavy atom. The van der Waals surface area contributed by atoms with Crippen LogP contribution < -0.4 is 0 Å². The summed E-state index contributed by atoms with van der Waals surface area (Å²) in [7, 11) is 0. The summed E-state index contributed by atoms with van der Waals surface area (Å²) in [5.74, 6) is -0.317. The van der Waals surface area contributed by atoms with Crippen molar-refractivity contribution in [2.75, 3.05) is 0 Å². The highest BCUT2D eigenvalue weighted by atomic mass is 19.1. The highest BCUT2D eigenvalue weighted by Gasteiger charge is 2.43. The number of aliphatic hydroxyl groups excluding tert-OH is 1. The van der Waals surface area contributed by atoms with Gasteiger partial charge in [0.15, 0.2) is 0 Å². The van der Waals surface area contributed by atoms with Crippen LogP contribution in [0.1, 0.15) is 42.9 Å². The number of hydrogen-bond donors (Lipinski definition) is 1. The van der Waals surface area contributed by atoms with Gasteiger partial charge in [-0.3, -0.25) is 0 Å². The first kappa shape index (κ1) is 13.3. The second-order valence-electron chi connectivity index (χ2n) is 5.65. The molecule has 1 atom stereocenters. The van der Waals surface area contributed by atoms with E-state index in [4.69, 9.17) is 0 Å². The zero-order valence-corrected chi connectivity index (χ0v) is 11.4. The van der Waals surface area contributed by atoms with Crippen molar-refractivity contribution in [1.82, 2.24) is 0 Å². The van der Waals surface area contributed by atoms with E-state index in [1.165, 1.54) is 6.07 Å². The first-order chi connectivity index (χ1) is 9.74. The summed E-state index contributed by atoms with van der Waals surface area (Å²) in [6, 6.07) is 16.6. The third kappa shape index (κ3) is 2.14. The van der Waals surface area contributed by atoms with Crippen LogP contribution in [0.2, 0.25) is 0 Å². The molecule has 2 heteroatoms. The van der Waals surface area contributed by atoms with E-state index < -0.39 is 6.10 Å². The van der Waals surface area contributed by atoms with Gasteiger partial charge in [-0.15, -0.1) is 0 Å². The van der Waals surface area contributed by atoms with Crippen LogP contribution in [0.25, 0.3) is 0 Å². The second-order valence-corrected chi connectivity index (χ2v) is 5.65. The Balaban J connectivity index is 2.06. The zero-order valence-electron chi connectivity index (χ0n) is 11.4. The van der Waals surface area contributed by atoms with E-state index in [2.05, 4.69) is 12.1 Å². The molecule has 20 heavy (non-hydrogen) atoms. The molecule has 0 bridgehead atoms. The molecule has 2 aromatic rings. The van der Waals surface area contributed by atoms with Gasteiger partial charge < -0.3 is 5.11 Å². The van der Waals surface area contributed by atoms with E-state index in [0.29, 0.717) is 5.56 Å². The maximum atomic E-state index is 14.0. The van der Waals surface area contributed by atoms with Crippen LogP contribution in [0.15, 0.2) is 54.6 Å². The molecule has 0 aliphatic heterocycles. The first-order valence-electron chi connectivity index (χ1n) is 7.22. The fraction of sp³-hybridized carbons (Fsp3) is 0.333. The summed E-state index contributed by atoms with van der Waals surface area (Å²) in [6.07, 6.45) is 3.20. The molecule has 3 rings (SSSR count). The molecule has 0 aromatic heterocycles. The van der Waals surface area contributed by atoms with Crippen LogP contribution >= 0.6 is 0 Å². The van der Waals surface area contributed by atoms with Gasteiger partial charge in [-0.1, -0.05) is 61.4 Å². The van der Waals surface area contributed by atoms with Gasteiger partial charge in [-0.2, -0.15) is 0 Å². The minimum absolute atomic E-state index is 0.317. The zero-order chi connectivity index (χ0) is 14.0. The summed E-state index contributed by atoms with van der Waals surface area (Å²) < 4.78 is 14.0. The molecule has 1 saturated carbocycles. The Kier molecular flexibility index (Phi) is 3.58. The summed E-state index contributed by atoms with van der Waals surface area (Å²) >= 11 is 0. The van der Waals surface area contributed by atoms with Crippen LogP contribution in [-0.2, 0) is 5.41 Å². The maximum Gasteiger partial charge on any atom is 0.129 e. The van der Waals surface area contributed by atoms with Crippen LogP contribution in [0.3, 0.4) is 0 Å². The van der Waals surface area contributed by atoms with Gasteiger partial charge in [0, 0.05) is 11.0 Å². The van der Waals surface area contributed by atoms with Crippen molar-refractivity contribution in [3.05, 3.63) is 71.5 Å². The van der Waals surface area contributed by atoms with Gasteiger partial charge in [-0.05, 0) is 24.5 Å². The van der Waals surface area contributed by atoms with Gasteiger partial charge in [-0.25, -0.2) is 4.39 Å². The molecular weight excluding hydrogens is 251 g/mol. The Morgan fingerprint density at radius 2 is 1.50 bits per heavy atom. The molecule has 0 amide bonds. The van der Waals surface area contributed by atoms with Crippen molar-refractivity contribution in [2.24, 2.45) is 0 Å². The van der Waals surface area contributed by atoms with Gasteiger partial charge in [0.05, 0.1) is 6.10 Å². The van der Waals surface area contributed by atoms with Crippen molar-refractivity contribution in [1.29, 1.82) is 0 Å². The molecule has 1 unspecified atom stereocenters. The van der Waals surface area contributed by atoms with E-state index in [0.717, 1.165) is 31.2 Å². The molecule has 1 N–H and O–H groups in total. The minimum atomic E-state index is -0.784. The second kappa shape index (κ2) is 5.37. The molecule has 104 valence electrons. The average Bonchev–Trinajstić information content (AvgIpc) is 2.99. The molecule has 1 aliphatic rings. The van der Waals surface area contributed by atoms with Gasteiger partial charge in [0.2, 0.25) is 0 Å². The average molecular weight is 270 g/mol. The lowest BCUT2D eigenvalue weighted by molar-refractivity contribution is 0.0788. The van der Waals surface area contributed by atoms with Crippen molar-refractivity contribution in [3.63, 3.8) is 0 Å². The Labute approximate surface area is 119 Å². The van der Waals surface area contributed by atoms with E-state index in [1.807, 2.05) is 18.2 Å². The molecule has 0 saturated heterocycles. The molecule has 0 heterocycles. The summed E-state index contributed by atoms with van der Waals surface area (Å²) in [4.78, 5) is 0. The standard InChI is InChI=1S/C18H19FO/c19-16-11-5-4-10-15(16)17(20)18(12-6-7-13-18)14-8-2-1-3-9-14/h1-5,8-11,17,20H,6-7,12-13H2. The Morgan fingerprint density at radius 3 is 2.15 bits per heavy atom. The highest BCUT2D eigenvalue weighted by molar-refractivity contribution is 5.33. The fourth-order valence-electron chi connectivity index (χ4n) is 3.49. The lowest BCUT2D eigenvalue weighted by Crippen LogP contribution is -2.31. The van der Waals surface area contributed by atoms with Crippen molar-refractivity contribution in [3.8, 4) is 0 Å². The lowest BCUT2D eigenvalue weighted by atomic mass is 9.72. The molecule has 0 radical (unpaired) electrons. The Bertz CT molecular complexity index is 573. The van der Waals surface area contributed by atoms with E-state index in [9.17, 15) is 9.50 Å². The molecule has 1 fully saturated rings. The van der Waals surface area contributed by atoms with Crippen LogP contribution in [0.4, 0.5) is 4.39 Å². The number of hydrogen-bond acceptors (Lipinski definition) is 1. The maximum absolute atomic E-state index is 14.0.